The van der Waals surface area contributed by atoms with E-state index in [0.29, 0.717) is 0 Å². The fraction of sp³-hybridized carbons (Fsp3) is 0.154. The monoisotopic (exact) mass is 323 g/mol. The molecule has 1 aromatic carbocycles. The molecule has 3 N–H and O–H groups in total. The van der Waals surface area contributed by atoms with Gasteiger partial charge in [0.2, 0.25) is 0 Å². The van der Waals surface area contributed by atoms with Gasteiger partial charge in [-0.05, 0) is 56.5 Å². The van der Waals surface area contributed by atoms with Crippen LogP contribution in [0, 0.1) is 5.41 Å². The Morgan fingerprint density at radius 2 is 2.22 bits per heavy atom. The number of amidine groups is 1. The van der Waals surface area contributed by atoms with E-state index in [1.807, 2.05) is 25.2 Å². The molecule has 0 bridgehead atoms. The first-order valence-electron chi connectivity index (χ1n) is 5.44. The molecule has 94 valence electrons. The lowest BCUT2D eigenvalue weighted by molar-refractivity contribution is 0.927. The minimum absolute atomic E-state index is 0.0777. The Balaban J connectivity index is 2.18. The van der Waals surface area contributed by atoms with Crippen molar-refractivity contribution in [3.8, 4) is 0 Å². The first-order valence-corrected chi connectivity index (χ1v) is 7.17. The van der Waals surface area contributed by atoms with Crippen molar-refractivity contribution < 1.29 is 0 Å². The topological polar surface area (TPSA) is 53.1 Å². The summed E-state index contributed by atoms with van der Waals surface area (Å²) in [6.07, 6.45) is 0. The first kappa shape index (κ1) is 13.1. The summed E-state index contributed by atoms with van der Waals surface area (Å²) in [5.41, 5.74) is 8.61. The lowest BCUT2D eigenvalue weighted by atomic mass is 10.2. The summed E-state index contributed by atoms with van der Waals surface area (Å²) in [6, 6.07) is 7.96. The first-order chi connectivity index (χ1) is 8.58. The maximum absolute atomic E-state index is 7.45. The van der Waals surface area contributed by atoms with Crippen LogP contribution in [-0.4, -0.2) is 12.9 Å². The van der Waals surface area contributed by atoms with Crippen LogP contribution in [-0.2, 0) is 6.54 Å². The Labute approximate surface area is 119 Å². The smallest absolute Gasteiger partial charge is 0.123 e. The average molecular weight is 324 g/mol. The van der Waals surface area contributed by atoms with E-state index in [1.165, 1.54) is 5.56 Å². The molecular weight excluding hydrogens is 310 g/mol. The molecule has 5 heteroatoms. The van der Waals surface area contributed by atoms with Crippen LogP contribution in [0.15, 0.2) is 39.5 Å². The number of halogens is 1. The van der Waals surface area contributed by atoms with Gasteiger partial charge in [0.05, 0.1) is 0 Å². The SMILES string of the molecule is CN(Cc1ccsc1)c1ccc(C(=N)N)c(Br)c1. The fourth-order valence-electron chi connectivity index (χ4n) is 1.71. The predicted molar refractivity (Wildman–Crippen MR) is 81.6 cm³/mol. The summed E-state index contributed by atoms with van der Waals surface area (Å²) >= 11 is 5.15. The van der Waals surface area contributed by atoms with Crippen molar-refractivity contribution in [1.82, 2.24) is 0 Å². The summed E-state index contributed by atoms with van der Waals surface area (Å²) in [7, 11) is 2.05. The van der Waals surface area contributed by atoms with Gasteiger partial charge in [0, 0.05) is 29.3 Å². The Bertz CT molecular complexity index is 551. The van der Waals surface area contributed by atoms with Crippen LogP contribution < -0.4 is 10.6 Å². The highest BCUT2D eigenvalue weighted by atomic mass is 79.9. The van der Waals surface area contributed by atoms with Crippen molar-refractivity contribution in [2.24, 2.45) is 5.73 Å². The van der Waals surface area contributed by atoms with E-state index in [9.17, 15) is 0 Å². The molecule has 2 rings (SSSR count). The van der Waals surface area contributed by atoms with Crippen LogP contribution in [0.5, 0.6) is 0 Å². The number of thiophene rings is 1. The summed E-state index contributed by atoms with van der Waals surface area (Å²) < 4.78 is 0.852. The Morgan fingerprint density at radius 3 is 2.78 bits per heavy atom. The van der Waals surface area contributed by atoms with Crippen molar-refractivity contribution in [3.63, 3.8) is 0 Å². The van der Waals surface area contributed by atoms with Crippen LogP contribution in [0.1, 0.15) is 11.1 Å². The number of nitrogen functional groups attached to an aromatic ring is 1. The second kappa shape index (κ2) is 5.54. The van der Waals surface area contributed by atoms with Crippen LogP contribution >= 0.6 is 27.3 Å². The molecule has 0 amide bonds. The molecule has 0 unspecified atom stereocenters. The predicted octanol–water partition coefficient (Wildman–Crippen LogP) is 3.43. The van der Waals surface area contributed by atoms with Crippen LogP contribution in [0.4, 0.5) is 5.69 Å². The molecule has 1 aromatic heterocycles. The third-order valence-corrected chi connectivity index (χ3v) is 4.07. The minimum Gasteiger partial charge on any atom is -0.384 e. The number of benzene rings is 1. The van der Waals surface area contributed by atoms with Gasteiger partial charge in [0.1, 0.15) is 5.84 Å². The van der Waals surface area contributed by atoms with Crippen molar-refractivity contribution >= 4 is 38.8 Å². The molecule has 0 spiro atoms. The number of nitrogens with zero attached hydrogens (tertiary/aromatic N) is 1. The number of rotatable bonds is 4. The van der Waals surface area contributed by atoms with Gasteiger partial charge < -0.3 is 10.6 Å². The maximum Gasteiger partial charge on any atom is 0.123 e. The highest BCUT2D eigenvalue weighted by Gasteiger charge is 2.07. The molecule has 0 saturated heterocycles. The van der Waals surface area contributed by atoms with Crippen molar-refractivity contribution in [2.75, 3.05) is 11.9 Å². The van der Waals surface area contributed by atoms with E-state index >= 15 is 0 Å². The van der Waals surface area contributed by atoms with E-state index in [-0.39, 0.29) is 5.84 Å². The summed E-state index contributed by atoms with van der Waals surface area (Å²) in [6.45, 7) is 0.870. The van der Waals surface area contributed by atoms with Gasteiger partial charge in [-0.1, -0.05) is 0 Å². The molecule has 0 aliphatic heterocycles. The second-order valence-electron chi connectivity index (χ2n) is 4.07. The molecule has 0 aliphatic rings. The third kappa shape index (κ3) is 2.91. The Hall–Kier alpha value is -1.33. The van der Waals surface area contributed by atoms with Crippen molar-refractivity contribution in [1.29, 1.82) is 5.41 Å². The summed E-state index contributed by atoms with van der Waals surface area (Å²) in [5.74, 6) is 0.0777. The van der Waals surface area contributed by atoms with Gasteiger partial charge in [-0.2, -0.15) is 11.3 Å². The molecule has 0 radical (unpaired) electrons. The molecular formula is C13H14BrN3S. The molecule has 3 nitrogen and oxygen atoms in total. The summed E-state index contributed by atoms with van der Waals surface area (Å²) in [5, 5.41) is 11.7. The van der Waals surface area contributed by atoms with Crippen molar-refractivity contribution in [2.45, 2.75) is 6.54 Å². The standard InChI is InChI=1S/C13H14BrN3S/c1-17(7-9-4-5-18-8-9)10-2-3-11(13(15)16)12(14)6-10/h2-6,8H,7H2,1H3,(H3,15,16). The van der Waals surface area contributed by atoms with E-state index in [1.54, 1.807) is 11.3 Å². The zero-order valence-corrected chi connectivity index (χ0v) is 12.4. The largest absolute Gasteiger partial charge is 0.384 e. The summed E-state index contributed by atoms with van der Waals surface area (Å²) in [4.78, 5) is 2.16. The zero-order chi connectivity index (χ0) is 13.1. The van der Waals surface area contributed by atoms with E-state index < -0.39 is 0 Å². The van der Waals surface area contributed by atoms with Gasteiger partial charge in [-0.15, -0.1) is 0 Å². The Morgan fingerprint density at radius 1 is 1.44 bits per heavy atom. The quantitative estimate of drug-likeness (QED) is 0.669. The number of nitrogens with one attached hydrogen (secondary N) is 1. The Kier molecular flexibility index (Phi) is 4.04. The van der Waals surface area contributed by atoms with E-state index in [0.717, 1.165) is 22.3 Å². The van der Waals surface area contributed by atoms with Crippen LogP contribution in [0.25, 0.3) is 0 Å². The molecule has 0 fully saturated rings. The number of hydrogen-bond donors (Lipinski definition) is 2. The van der Waals surface area contributed by atoms with Gasteiger partial charge in [-0.25, -0.2) is 0 Å². The molecule has 0 saturated carbocycles. The van der Waals surface area contributed by atoms with Gasteiger partial charge in [-0.3, -0.25) is 5.41 Å². The zero-order valence-electron chi connectivity index (χ0n) is 9.98. The number of anilines is 1. The minimum atomic E-state index is 0.0777. The lowest BCUT2D eigenvalue weighted by Crippen LogP contribution is -2.17. The van der Waals surface area contributed by atoms with E-state index in [4.69, 9.17) is 11.1 Å². The molecule has 18 heavy (non-hydrogen) atoms. The van der Waals surface area contributed by atoms with Gasteiger partial charge in [0.15, 0.2) is 0 Å². The van der Waals surface area contributed by atoms with Crippen LogP contribution in [0.2, 0.25) is 0 Å². The maximum atomic E-state index is 7.45. The molecule has 2 aromatic rings. The van der Waals surface area contributed by atoms with Crippen molar-refractivity contribution in [3.05, 3.63) is 50.6 Å². The fourth-order valence-corrected chi connectivity index (χ4v) is 2.95. The number of hydrogen-bond acceptors (Lipinski definition) is 3. The average Bonchev–Trinajstić information content (AvgIpc) is 2.81. The lowest BCUT2D eigenvalue weighted by Gasteiger charge is -2.19. The highest BCUT2D eigenvalue weighted by molar-refractivity contribution is 9.10. The van der Waals surface area contributed by atoms with Gasteiger partial charge in [0.25, 0.3) is 0 Å². The van der Waals surface area contributed by atoms with Gasteiger partial charge >= 0.3 is 0 Å². The normalized spacial score (nSPS) is 10.3. The van der Waals surface area contributed by atoms with E-state index in [2.05, 4.69) is 37.7 Å². The molecule has 0 atom stereocenters. The second-order valence-corrected chi connectivity index (χ2v) is 5.70. The molecule has 0 aliphatic carbocycles. The molecule has 1 heterocycles. The highest BCUT2D eigenvalue weighted by Crippen LogP contribution is 2.24. The third-order valence-electron chi connectivity index (χ3n) is 2.68. The number of nitrogens with two attached hydrogens (primary N) is 1. The van der Waals surface area contributed by atoms with Crippen LogP contribution in [0.3, 0.4) is 0 Å².